The molecule has 0 radical (unpaired) electrons. The van der Waals surface area contributed by atoms with Gasteiger partial charge in [-0.25, -0.2) is 5.43 Å². The summed E-state index contributed by atoms with van der Waals surface area (Å²) in [6.45, 7) is 6.93. The van der Waals surface area contributed by atoms with Gasteiger partial charge in [0, 0.05) is 21.9 Å². The number of nitrogens with zero attached hydrogens (tertiary/aromatic N) is 1. The number of hydrazone groups is 1. The van der Waals surface area contributed by atoms with Crippen molar-refractivity contribution in [1.82, 2.24) is 5.43 Å². The highest BCUT2D eigenvalue weighted by Crippen LogP contribution is 2.36. The fourth-order valence-corrected chi connectivity index (χ4v) is 4.43. The van der Waals surface area contributed by atoms with Gasteiger partial charge < -0.3 is 0 Å². The second kappa shape index (κ2) is 9.42. The Morgan fingerprint density at radius 1 is 1.04 bits per heavy atom. The Balaban J connectivity index is 1.48. The number of rotatable bonds is 5. The third-order valence-electron chi connectivity index (χ3n) is 5.47. The van der Waals surface area contributed by atoms with E-state index in [1.807, 2.05) is 42.5 Å². The van der Waals surface area contributed by atoms with Crippen molar-refractivity contribution in [2.45, 2.75) is 57.1 Å². The zero-order valence-electron chi connectivity index (χ0n) is 17.1. The summed E-state index contributed by atoms with van der Waals surface area (Å²) in [6.07, 6.45) is 4.29. The highest BCUT2D eigenvalue weighted by atomic mass is 32.2. The minimum absolute atomic E-state index is 0.132. The summed E-state index contributed by atoms with van der Waals surface area (Å²) in [5.41, 5.74) is 6.07. The summed E-state index contributed by atoms with van der Waals surface area (Å²) in [6, 6.07) is 18.1. The third kappa shape index (κ3) is 5.96. The van der Waals surface area contributed by atoms with Crippen molar-refractivity contribution < 1.29 is 4.79 Å². The topological polar surface area (TPSA) is 41.5 Å². The molecule has 0 saturated heterocycles. The lowest BCUT2D eigenvalue weighted by molar-refractivity contribution is 0.0954. The highest BCUT2D eigenvalue weighted by Gasteiger charge is 2.28. The summed E-state index contributed by atoms with van der Waals surface area (Å²) >= 11 is 1.80. The Labute approximate surface area is 173 Å². The van der Waals surface area contributed by atoms with Crippen LogP contribution in [0, 0.1) is 11.3 Å². The predicted molar refractivity (Wildman–Crippen MR) is 119 cm³/mol. The second-order valence-corrected chi connectivity index (χ2v) is 9.61. The molecular formula is C24H30N2OS. The van der Waals surface area contributed by atoms with Crippen molar-refractivity contribution in [3.05, 3.63) is 65.7 Å². The smallest absolute Gasteiger partial charge is 0.267 e. The molecular weight excluding hydrogens is 364 g/mol. The van der Waals surface area contributed by atoms with Gasteiger partial charge in [0.1, 0.15) is 0 Å². The molecule has 1 aliphatic carbocycles. The van der Waals surface area contributed by atoms with Crippen LogP contribution in [0.15, 0.2) is 64.6 Å². The molecule has 2 aromatic carbocycles. The van der Waals surface area contributed by atoms with E-state index in [1.54, 1.807) is 11.8 Å². The first-order valence-electron chi connectivity index (χ1n) is 10.0. The van der Waals surface area contributed by atoms with Crippen LogP contribution in [0.4, 0.5) is 0 Å². The molecule has 0 bridgehead atoms. The lowest BCUT2D eigenvalue weighted by Gasteiger charge is -2.34. The minimum atomic E-state index is -0.132. The van der Waals surface area contributed by atoms with Gasteiger partial charge in [0.15, 0.2) is 0 Å². The molecule has 3 rings (SSSR count). The summed E-state index contributed by atoms with van der Waals surface area (Å²) in [7, 11) is 0. The quantitative estimate of drug-likeness (QED) is 0.477. The third-order valence-corrected chi connectivity index (χ3v) is 6.55. The molecule has 0 spiro atoms. The van der Waals surface area contributed by atoms with Gasteiger partial charge in [-0.05, 0) is 66.8 Å². The number of amides is 1. The van der Waals surface area contributed by atoms with Gasteiger partial charge in [0.25, 0.3) is 5.91 Å². The standard InChI is InChI=1S/C24H30N2OS/c1-24(2,3)20-13-15-21(16-14-20)25-26-23(27)19-11-9-18(10-12-19)17-28-22-7-5-4-6-8-22/h4-12,20H,13-17H2,1-3H3,(H,26,27). The summed E-state index contributed by atoms with van der Waals surface area (Å²) < 4.78 is 0. The van der Waals surface area contributed by atoms with Crippen LogP contribution in [0.3, 0.4) is 0 Å². The van der Waals surface area contributed by atoms with Gasteiger partial charge in [-0.15, -0.1) is 11.8 Å². The molecule has 0 aromatic heterocycles. The van der Waals surface area contributed by atoms with Crippen LogP contribution in [0.5, 0.6) is 0 Å². The lowest BCUT2D eigenvalue weighted by Crippen LogP contribution is -2.27. The lowest BCUT2D eigenvalue weighted by atomic mass is 9.72. The first-order chi connectivity index (χ1) is 13.4. The molecule has 1 fully saturated rings. The van der Waals surface area contributed by atoms with E-state index in [0.717, 1.165) is 43.1 Å². The molecule has 1 saturated carbocycles. The average Bonchev–Trinajstić information content (AvgIpc) is 2.71. The fourth-order valence-electron chi connectivity index (χ4n) is 3.56. The summed E-state index contributed by atoms with van der Waals surface area (Å²) in [4.78, 5) is 13.6. The molecule has 28 heavy (non-hydrogen) atoms. The molecule has 0 aliphatic heterocycles. The maximum atomic E-state index is 12.4. The Hall–Kier alpha value is -2.07. The van der Waals surface area contributed by atoms with Crippen LogP contribution in [0.2, 0.25) is 0 Å². The van der Waals surface area contributed by atoms with Crippen LogP contribution in [-0.4, -0.2) is 11.6 Å². The highest BCUT2D eigenvalue weighted by molar-refractivity contribution is 7.98. The van der Waals surface area contributed by atoms with E-state index >= 15 is 0 Å². The van der Waals surface area contributed by atoms with E-state index in [0.29, 0.717) is 11.0 Å². The van der Waals surface area contributed by atoms with E-state index in [4.69, 9.17) is 0 Å². The molecule has 1 N–H and O–H groups in total. The van der Waals surface area contributed by atoms with Crippen molar-refractivity contribution in [3.8, 4) is 0 Å². The minimum Gasteiger partial charge on any atom is -0.267 e. The maximum absolute atomic E-state index is 12.4. The SMILES string of the molecule is CC(C)(C)C1CCC(=NNC(=O)c2ccc(CSc3ccccc3)cc2)CC1. The Morgan fingerprint density at radius 2 is 1.68 bits per heavy atom. The molecule has 3 nitrogen and oxygen atoms in total. The normalized spacial score (nSPS) is 17.2. The molecule has 0 heterocycles. The van der Waals surface area contributed by atoms with E-state index in [2.05, 4.69) is 43.4 Å². The molecule has 148 valence electrons. The van der Waals surface area contributed by atoms with Crippen LogP contribution in [0.25, 0.3) is 0 Å². The van der Waals surface area contributed by atoms with Crippen LogP contribution in [-0.2, 0) is 5.75 Å². The van der Waals surface area contributed by atoms with Gasteiger partial charge in [-0.2, -0.15) is 5.10 Å². The van der Waals surface area contributed by atoms with Crippen molar-refractivity contribution >= 4 is 23.4 Å². The zero-order chi connectivity index (χ0) is 20.0. The van der Waals surface area contributed by atoms with E-state index in [9.17, 15) is 4.79 Å². The van der Waals surface area contributed by atoms with Gasteiger partial charge in [-0.3, -0.25) is 4.79 Å². The maximum Gasteiger partial charge on any atom is 0.271 e. The first kappa shape index (κ1) is 20.7. The van der Waals surface area contributed by atoms with Crippen LogP contribution in [0.1, 0.15) is 62.4 Å². The number of hydrogen-bond donors (Lipinski definition) is 1. The average molecular weight is 395 g/mol. The van der Waals surface area contributed by atoms with Crippen molar-refractivity contribution in [1.29, 1.82) is 0 Å². The Morgan fingerprint density at radius 3 is 2.29 bits per heavy atom. The largest absolute Gasteiger partial charge is 0.271 e. The number of benzene rings is 2. The van der Waals surface area contributed by atoms with Crippen molar-refractivity contribution in [2.24, 2.45) is 16.4 Å². The molecule has 1 aliphatic rings. The Kier molecular flexibility index (Phi) is 6.95. The van der Waals surface area contributed by atoms with E-state index < -0.39 is 0 Å². The van der Waals surface area contributed by atoms with Gasteiger partial charge in [0.2, 0.25) is 0 Å². The number of carbonyl (C=O) groups excluding carboxylic acids is 1. The second-order valence-electron chi connectivity index (χ2n) is 8.56. The van der Waals surface area contributed by atoms with Gasteiger partial charge in [-0.1, -0.05) is 51.1 Å². The van der Waals surface area contributed by atoms with Gasteiger partial charge in [0.05, 0.1) is 0 Å². The number of carbonyl (C=O) groups is 1. The Bertz CT molecular complexity index is 797. The molecule has 1 amide bonds. The van der Waals surface area contributed by atoms with Gasteiger partial charge >= 0.3 is 0 Å². The van der Waals surface area contributed by atoms with E-state index in [1.165, 1.54) is 10.5 Å². The molecule has 0 atom stereocenters. The summed E-state index contributed by atoms with van der Waals surface area (Å²) in [5, 5.41) is 4.39. The molecule has 4 heteroatoms. The summed E-state index contributed by atoms with van der Waals surface area (Å²) in [5.74, 6) is 1.50. The molecule has 2 aromatic rings. The van der Waals surface area contributed by atoms with Crippen LogP contribution < -0.4 is 5.43 Å². The van der Waals surface area contributed by atoms with E-state index in [-0.39, 0.29) is 5.91 Å². The predicted octanol–water partition coefficient (Wildman–Crippen LogP) is 6.30. The number of thioether (sulfide) groups is 1. The zero-order valence-corrected chi connectivity index (χ0v) is 17.9. The van der Waals surface area contributed by atoms with Crippen molar-refractivity contribution in [3.63, 3.8) is 0 Å². The number of hydrogen-bond acceptors (Lipinski definition) is 3. The van der Waals surface area contributed by atoms with Crippen LogP contribution >= 0.6 is 11.8 Å². The number of nitrogens with one attached hydrogen (secondary N) is 1. The van der Waals surface area contributed by atoms with Crippen molar-refractivity contribution in [2.75, 3.05) is 0 Å². The monoisotopic (exact) mass is 394 g/mol. The fraction of sp³-hybridized carbons (Fsp3) is 0.417. The molecule has 0 unspecified atom stereocenters. The first-order valence-corrected chi connectivity index (χ1v) is 11.0.